The van der Waals surface area contributed by atoms with Crippen molar-refractivity contribution in [3.05, 3.63) is 70.5 Å². The summed E-state index contributed by atoms with van der Waals surface area (Å²) in [5.74, 6) is 0.0529. The Morgan fingerprint density at radius 3 is 2.33 bits per heavy atom. The average molecular weight is 285 g/mol. The van der Waals surface area contributed by atoms with Gasteiger partial charge in [-0.1, -0.05) is 54.4 Å². The first-order valence-corrected chi connectivity index (χ1v) is 7.62. The Morgan fingerprint density at radius 2 is 1.71 bits per heavy atom. The van der Waals surface area contributed by atoms with Crippen molar-refractivity contribution in [2.45, 2.75) is 33.1 Å². The zero-order valence-electron chi connectivity index (χ0n) is 13.1. The monoisotopic (exact) mass is 285 g/mol. The van der Waals surface area contributed by atoms with Gasteiger partial charge in [0.25, 0.3) is 0 Å². The minimum Gasteiger partial charge on any atom is -0.316 e. The fraction of sp³-hybridized carbons (Fsp3) is 0.368. The van der Waals surface area contributed by atoms with E-state index in [0.717, 1.165) is 25.1 Å². The zero-order valence-corrected chi connectivity index (χ0v) is 13.1. The van der Waals surface area contributed by atoms with Crippen LogP contribution in [0.3, 0.4) is 0 Å². The van der Waals surface area contributed by atoms with Crippen LogP contribution in [0.25, 0.3) is 0 Å². The van der Waals surface area contributed by atoms with Gasteiger partial charge < -0.3 is 5.32 Å². The summed E-state index contributed by atoms with van der Waals surface area (Å²) in [7, 11) is 0. The van der Waals surface area contributed by atoms with Crippen LogP contribution >= 0.6 is 0 Å². The Bertz CT molecular complexity index is 572. The Kier molecular flexibility index (Phi) is 5.51. The summed E-state index contributed by atoms with van der Waals surface area (Å²) in [6.45, 7) is 8.00. The summed E-state index contributed by atoms with van der Waals surface area (Å²) in [6, 6.07) is 13.7. The van der Waals surface area contributed by atoms with Gasteiger partial charge in [0.2, 0.25) is 0 Å². The van der Waals surface area contributed by atoms with Gasteiger partial charge in [0.1, 0.15) is 5.82 Å². The van der Waals surface area contributed by atoms with E-state index in [1.54, 1.807) is 12.1 Å². The van der Waals surface area contributed by atoms with Crippen LogP contribution in [0.5, 0.6) is 0 Å². The van der Waals surface area contributed by atoms with E-state index in [1.807, 2.05) is 12.1 Å². The van der Waals surface area contributed by atoms with E-state index in [9.17, 15) is 4.39 Å². The molecule has 21 heavy (non-hydrogen) atoms. The van der Waals surface area contributed by atoms with Crippen LogP contribution in [-0.4, -0.2) is 13.1 Å². The van der Waals surface area contributed by atoms with Crippen molar-refractivity contribution in [2.75, 3.05) is 13.1 Å². The molecule has 0 radical (unpaired) electrons. The van der Waals surface area contributed by atoms with Crippen LogP contribution in [0.15, 0.2) is 42.5 Å². The van der Waals surface area contributed by atoms with Crippen molar-refractivity contribution in [1.82, 2.24) is 5.32 Å². The second kappa shape index (κ2) is 7.37. The molecule has 2 heteroatoms. The summed E-state index contributed by atoms with van der Waals surface area (Å²) < 4.78 is 14.1. The molecule has 0 fully saturated rings. The van der Waals surface area contributed by atoms with E-state index in [1.165, 1.54) is 16.7 Å². The van der Waals surface area contributed by atoms with E-state index in [-0.39, 0.29) is 11.7 Å². The highest BCUT2D eigenvalue weighted by Gasteiger charge is 2.16. The van der Waals surface area contributed by atoms with Crippen molar-refractivity contribution in [2.24, 2.45) is 0 Å². The molecule has 0 aliphatic carbocycles. The second-order valence-electron chi connectivity index (χ2n) is 5.73. The first-order valence-electron chi connectivity index (χ1n) is 7.62. The highest BCUT2D eigenvalue weighted by Crippen LogP contribution is 2.24. The molecule has 0 heterocycles. The third-order valence-corrected chi connectivity index (χ3v) is 3.75. The van der Waals surface area contributed by atoms with Crippen LogP contribution in [0.2, 0.25) is 0 Å². The third kappa shape index (κ3) is 4.40. The van der Waals surface area contributed by atoms with Crippen LogP contribution in [-0.2, 0) is 6.42 Å². The molecule has 1 unspecified atom stereocenters. The van der Waals surface area contributed by atoms with E-state index in [4.69, 9.17) is 0 Å². The van der Waals surface area contributed by atoms with Crippen LogP contribution in [0.1, 0.15) is 35.1 Å². The standard InChI is InChI=1S/C19H24FN/c1-4-21-13-17(18-7-5-6-8-19(18)20)12-16-10-14(2)9-15(3)11-16/h5-11,17,21H,4,12-13H2,1-3H3. The lowest BCUT2D eigenvalue weighted by Gasteiger charge is -2.19. The molecular formula is C19H24FN. The first-order chi connectivity index (χ1) is 10.1. The fourth-order valence-electron chi connectivity index (χ4n) is 2.89. The van der Waals surface area contributed by atoms with Crippen molar-refractivity contribution in [3.63, 3.8) is 0 Å². The molecule has 0 saturated heterocycles. The van der Waals surface area contributed by atoms with E-state index in [0.29, 0.717) is 0 Å². The Labute approximate surface area is 127 Å². The van der Waals surface area contributed by atoms with Gasteiger partial charge in [0, 0.05) is 12.5 Å². The lowest BCUT2D eigenvalue weighted by atomic mass is 9.90. The van der Waals surface area contributed by atoms with E-state index in [2.05, 4.69) is 44.3 Å². The molecule has 112 valence electrons. The van der Waals surface area contributed by atoms with Crippen molar-refractivity contribution < 1.29 is 4.39 Å². The third-order valence-electron chi connectivity index (χ3n) is 3.75. The molecule has 0 aliphatic rings. The number of aryl methyl sites for hydroxylation is 2. The maximum Gasteiger partial charge on any atom is 0.126 e. The summed E-state index contributed by atoms with van der Waals surface area (Å²) in [4.78, 5) is 0. The Hall–Kier alpha value is -1.67. The van der Waals surface area contributed by atoms with E-state index >= 15 is 0 Å². The largest absolute Gasteiger partial charge is 0.316 e. The van der Waals surface area contributed by atoms with Crippen LogP contribution < -0.4 is 5.32 Å². The van der Waals surface area contributed by atoms with Gasteiger partial charge in [-0.15, -0.1) is 0 Å². The first kappa shape index (κ1) is 15.7. The van der Waals surface area contributed by atoms with Crippen molar-refractivity contribution in [3.8, 4) is 0 Å². The van der Waals surface area contributed by atoms with Gasteiger partial charge in [-0.3, -0.25) is 0 Å². The average Bonchev–Trinajstić information content (AvgIpc) is 2.43. The molecule has 0 amide bonds. The summed E-state index contributed by atoms with van der Waals surface area (Å²) in [5, 5.41) is 3.36. The van der Waals surface area contributed by atoms with Crippen LogP contribution in [0.4, 0.5) is 4.39 Å². The van der Waals surface area contributed by atoms with Gasteiger partial charge in [-0.05, 0) is 44.0 Å². The van der Waals surface area contributed by atoms with Gasteiger partial charge >= 0.3 is 0 Å². The molecular weight excluding hydrogens is 261 g/mol. The molecule has 0 spiro atoms. The molecule has 1 N–H and O–H groups in total. The Balaban J connectivity index is 2.26. The van der Waals surface area contributed by atoms with Crippen molar-refractivity contribution >= 4 is 0 Å². The fourth-order valence-corrected chi connectivity index (χ4v) is 2.89. The minimum atomic E-state index is -0.107. The van der Waals surface area contributed by atoms with Crippen molar-refractivity contribution in [1.29, 1.82) is 0 Å². The summed E-state index contributed by atoms with van der Waals surface area (Å²) in [6.07, 6.45) is 0.858. The normalized spacial score (nSPS) is 12.4. The smallest absolute Gasteiger partial charge is 0.126 e. The van der Waals surface area contributed by atoms with Gasteiger partial charge in [0.15, 0.2) is 0 Å². The SMILES string of the molecule is CCNCC(Cc1cc(C)cc(C)c1)c1ccccc1F. The molecule has 1 atom stereocenters. The van der Waals surface area contributed by atoms with Gasteiger partial charge in [-0.25, -0.2) is 4.39 Å². The van der Waals surface area contributed by atoms with Gasteiger partial charge in [0.05, 0.1) is 0 Å². The topological polar surface area (TPSA) is 12.0 Å². The minimum absolute atomic E-state index is 0.107. The maximum atomic E-state index is 14.1. The molecule has 0 bridgehead atoms. The summed E-state index contributed by atoms with van der Waals surface area (Å²) in [5.41, 5.74) is 4.61. The molecule has 0 aliphatic heterocycles. The van der Waals surface area contributed by atoms with Crippen LogP contribution in [0, 0.1) is 19.7 Å². The lowest BCUT2D eigenvalue weighted by molar-refractivity contribution is 0.544. The molecule has 0 aromatic heterocycles. The predicted molar refractivity (Wildman–Crippen MR) is 87.3 cm³/mol. The number of benzene rings is 2. The second-order valence-corrected chi connectivity index (χ2v) is 5.73. The quantitative estimate of drug-likeness (QED) is 0.830. The maximum absolute atomic E-state index is 14.1. The number of hydrogen-bond donors (Lipinski definition) is 1. The Morgan fingerprint density at radius 1 is 1.05 bits per heavy atom. The van der Waals surface area contributed by atoms with E-state index < -0.39 is 0 Å². The molecule has 2 aromatic rings. The van der Waals surface area contributed by atoms with Gasteiger partial charge in [-0.2, -0.15) is 0 Å². The highest BCUT2D eigenvalue weighted by molar-refractivity contribution is 5.31. The number of likely N-dealkylation sites (N-methyl/N-ethyl adjacent to an activating group) is 1. The number of nitrogens with one attached hydrogen (secondary N) is 1. The molecule has 2 rings (SSSR count). The highest BCUT2D eigenvalue weighted by atomic mass is 19.1. The predicted octanol–water partition coefficient (Wildman–Crippen LogP) is 4.38. The zero-order chi connectivity index (χ0) is 15.2. The lowest BCUT2D eigenvalue weighted by Crippen LogP contribution is -2.23. The number of halogens is 1. The number of hydrogen-bond acceptors (Lipinski definition) is 1. The molecule has 1 nitrogen and oxygen atoms in total. The number of rotatable bonds is 6. The summed E-state index contributed by atoms with van der Waals surface area (Å²) >= 11 is 0. The molecule has 0 saturated carbocycles. The molecule has 2 aromatic carbocycles.